The zero-order chi connectivity index (χ0) is 19.6. The summed E-state index contributed by atoms with van der Waals surface area (Å²) in [6.45, 7) is 4.39. The number of aryl methyl sites for hydroxylation is 1. The first kappa shape index (κ1) is 18.8. The Labute approximate surface area is 163 Å². The van der Waals surface area contributed by atoms with Gasteiger partial charge >= 0.3 is 5.69 Å². The van der Waals surface area contributed by atoms with Crippen molar-refractivity contribution in [2.24, 2.45) is 0 Å². The number of benzene rings is 1. The van der Waals surface area contributed by atoms with Crippen molar-refractivity contribution < 1.29 is 9.72 Å². The zero-order valence-corrected chi connectivity index (χ0v) is 16.3. The number of anilines is 1. The minimum Gasteiger partial charge on any atom is -0.324 e. The molecule has 0 atom stereocenters. The van der Waals surface area contributed by atoms with Crippen LogP contribution in [0.4, 0.5) is 11.4 Å². The monoisotopic (exact) mass is 432 g/mol. The third-order valence-corrected chi connectivity index (χ3v) is 5.12. The molecule has 0 aliphatic heterocycles. The standard InChI is InChI=1S/C17H17BrN6O3/c1-11-17(18)12(2)23(21-11)8-13-4-3-5-14(6-13)20-16(25)10-22-9-15(7-19-22)24(26)27/h3-7,9H,8,10H2,1-2H3,(H,20,25). The summed E-state index contributed by atoms with van der Waals surface area (Å²) in [6.07, 6.45) is 2.33. The SMILES string of the molecule is Cc1nn(Cc2cccc(NC(=O)Cn3cc([N+](=O)[O-])cn3)c2)c(C)c1Br. The number of hydrogen-bond donors (Lipinski definition) is 1. The molecule has 0 bridgehead atoms. The van der Waals surface area contributed by atoms with Gasteiger partial charge in [-0.3, -0.25) is 24.3 Å². The van der Waals surface area contributed by atoms with Gasteiger partial charge in [-0.25, -0.2) is 0 Å². The number of nitrogens with one attached hydrogen (secondary N) is 1. The van der Waals surface area contributed by atoms with E-state index in [0.717, 1.165) is 27.6 Å². The van der Waals surface area contributed by atoms with E-state index in [2.05, 4.69) is 31.4 Å². The maximum absolute atomic E-state index is 12.2. The Morgan fingerprint density at radius 1 is 1.37 bits per heavy atom. The molecule has 2 heterocycles. The van der Waals surface area contributed by atoms with E-state index in [-0.39, 0.29) is 18.1 Å². The van der Waals surface area contributed by atoms with Crippen LogP contribution in [0.3, 0.4) is 0 Å². The van der Waals surface area contributed by atoms with Crippen molar-refractivity contribution in [3.05, 3.63) is 68.2 Å². The number of hydrogen-bond acceptors (Lipinski definition) is 5. The van der Waals surface area contributed by atoms with Gasteiger partial charge in [0.2, 0.25) is 5.91 Å². The second kappa shape index (κ2) is 7.70. The van der Waals surface area contributed by atoms with Gasteiger partial charge in [0.15, 0.2) is 0 Å². The van der Waals surface area contributed by atoms with Crippen LogP contribution in [0, 0.1) is 24.0 Å². The van der Waals surface area contributed by atoms with E-state index >= 15 is 0 Å². The summed E-state index contributed by atoms with van der Waals surface area (Å²) in [6, 6.07) is 7.46. The lowest BCUT2D eigenvalue weighted by Gasteiger charge is -2.09. The van der Waals surface area contributed by atoms with Crippen LogP contribution in [-0.4, -0.2) is 30.4 Å². The Morgan fingerprint density at radius 3 is 2.78 bits per heavy atom. The van der Waals surface area contributed by atoms with E-state index in [1.54, 1.807) is 6.07 Å². The molecule has 27 heavy (non-hydrogen) atoms. The third-order valence-electron chi connectivity index (χ3n) is 3.97. The lowest BCUT2D eigenvalue weighted by molar-refractivity contribution is -0.385. The van der Waals surface area contributed by atoms with Gasteiger partial charge in [0.25, 0.3) is 0 Å². The Kier molecular flexibility index (Phi) is 5.36. The normalized spacial score (nSPS) is 10.8. The van der Waals surface area contributed by atoms with E-state index in [9.17, 15) is 14.9 Å². The van der Waals surface area contributed by atoms with Crippen LogP contribution in [0.2, 0.25) is 0 Å². The van der Waals surface area contributed by atoms with Gasteiger partial charge < -0.3 is 5.32 Å². The molecule has 0 spiro atoms. The van der Waals surface area contributed by atoms with Gasteiger partial charge in [0.05, 0.1) is 27.3 Å². The first-order valence-corrected chi connectivity index (χ1v) is 8.88. The molecule has 9 nitrogen and oxygen atoms in total. The topological polar surface area (TPSA) is 108 Å². The van der Waals surface area contributed by atoms with Crippen molar-refractivity contribution in [3.63, 3.8) is 0 Å². The highest BCUT2D eigenvalue weighted by Crippen LogP contribution is 2.21. The fourth-order valence-corrected chi connectivity index (χ4v) is 2.91. The fourth-order valence-electron chi connectivity index (χ4n) is 2.63. The molecule has 1 amide bonds. The van der Waals surface area contributed by atoms with E-state index in [1.807, 2.05) is 36.7 Å². The van der Waals surface area contributed by atoms with Crippen molar-refractivity contribution >= 4 is 33.2 Å². The molecule has 3 rings (SSSR count). The maximum Gasteiger partial charge on any atom is 0.307 e. The smallest absolute Gasteiger partial charge is 0.307 e. The summed E-state index contributed by atoms with van der Waals surface area (Å²) in [7, 11) is 0. The number of halogens is 1. The molecule has 0 saturated carbocycles. The summed E-state index contributed by atoms with van der Waals surface area (Å²) in [5, 5.41) is 21.7. The van der Waals surface area contributed by atoms with E-state index in [4.69, 9.17) is 0 Å². The second-order valence-electron chi connectivity index (χ2n) is 6.04. The molecule has 0 unspecified atom stereocenters. The highest BCUT2D eigenvalue weighted by atomic mass is 79.9. The summed E-state index contributed by atoms with van der Waals surface area (Å²) < 4.78 is 4.11. The van der Waals surface area contributed by atoms with Gasteiger partial charge in [0.1, 0.15) is 18.9 Å². The van der Waals surface area contributed by atoms with Crippen LogP contribution in [0.5, 0.6) is 0 Å². The minimum absolute atomic E-state index is 0.109. The summed E-state index contributed by atoms with van der Waals surface area (Å²) in [5.74, 6) is -0.320. The molecule has 140 valence electrons. The Bertz CT molecular complexity index is 1010. The Balaban J connectivity index is 1.66. The van der Waals surface area contributed by atoms with Crippen LogP contribution in [-0.2, 0) is 17.9 Å². The predicted octanol–water partition coefficient (Wildman–Crippen LogP) is 3.05. The van der Waals surface area contributed by atoms with E-state index < -0.39 is 4.92 Å². The van der Waals surface area contributed by atoms with Crippen molar-refractivity contribution in [2.45, 2.75) is 26.9 Å². The Morgan fingerprint density at radius 2 is 2.15 bits per heavy atom. The first-order chi connectivity index (χ1) is 12.8. The summed E-state index contributed by atoms with van der Waals surface area (Å²) in [5.41, 5.74) is 3.42. The highest BCUT2D eigenvalue weighted by molar-refractivity contribution is 9.10. The molecule has 2 aromatic heterocycles. The number of amides is 1. The number of aromatic nitrogens is 4. The number of carbonyl (C=O) groups excluding carboxylic acids is 1. The van der Waals surface area contributed by atoms with E-state index in [0.29, 0.717) is 12.2 Å². The molecule has 0 saturated heterocycles. The minimum atomic E-state index is -0.553. The average molecular weight is 433 g/mol. The van der Waals surface area contributed by atoms with Crippen LogP contribution in [0.15, 0.2) is 41.1 Å². The van der Waals surface area contributed by atoms with Crippen LogP contribution < -0.4 is 5.32 Å². The van der Waals surface area contributed by atoms with Gasteiger partial charge in [-0.05, 0) is 47.5 Å². The zero-order valence-electron chi connectivity index (χ0n) is 14.7. The van der Waals surface area contributed by atoms with Gasteiger partial charge in [0, 0.05) is 5.69 Å². The van der Waals surface area contributed by atoms with Crippen LogP contribution in [0.25, 0.3) is 0 Å². The second-order valence-corrected chi connectivity index (χ2v) is 6.84. The number of nitro groups is 1. The highest BCUT2D eigenvalue weighted by Gasteiger charge is 2.12. The van der Waals surface area contributed by atoms with Crippen LogP contribution >= 0.6 is 15.9 Å². The number of carbonyl (C=O) groups is 1. The van der Waals surface area contributed by atoms with E-state index in [1.165, 1.54) is 10.9 Å². The maximum atomic E-state index is 12.2. The number of rotatable bonds is 6. The molecule has 0 aliphatic rings. The van der Waals surface area contributed by atoms with Crippen molar-refractivity contribution in [1.29, 1.82) is 0 Å². The first-order valence-electron chi connectivity index (χ1n) is 8.08. The van der Waals surface area contributed by atoms with Crippen molar-refractivity contribution in [2.75, 3.05) is 5.32 Å². The molecule has 1 N–H and O–H groups in total. The van der Waals surface area contributed by atoms with Gasteiger partial charge in [-0.1, -0.05) is 12.1 Å². The van der Waals surface area contributed by atoms with Crippen molar-refractivity contribution in [3.8, 4) is 0 Å². The molecule has 10 heteroatoms. The lowest BCUT2D eigenvalue weighted by Crippen LogP contribution is -2.19. The lowest BCUT2D eigenvalue weighted by atomic mass is 10.2. The van der Waals surface area contributed by atoms with Gasteiger partial charge in [-0.15, -0.1) is 0 Å². The third kappa shape index (κ3) is 4.40. The molecular formula is C17H17BrN6O3. The molecule has 0 fully saturated rings. The molecule has 0 radical (unpaired) electrons. The molecule has 0 aliphatic carbocycles. The molecule has 3 aromatic rings. The molecular weight excluding hydrogens is 416 g/mol. The summed E-state index contributed by atoms with van der Waals surface area (Å²) >= 11 is 3.51. The summed E-state index contributed by atoms with van der Waals surface area (Å²) in [4.78, 5) is 22.3. The predicted molar refractivity (Wildman–Crippen MR) is 102 cm³/mol. The fraction of sp³-hybridized carbons (Fsp3) is 0.235. The largest absolute Gasteiger partial charge is 0.324 e. The number of nitrogens with zero attached hydrogens (tertiary/aromatic N) is 5. The quantitative estimate of drug-likeness (QED) is 0.475. The molecule has 1 aromatic carbocycles. The van der Waals surface area contributed by atoms with Crippen molar-refractivity contribution in [1.82, 2.24) is 19.6 Å². The van der Waals surface area contributed by atoms with Gasteiger partial charge in [-0.2, -0.15) is 10.2 Å². The average Bonchev–Trinajstić information content (AvgIpc) is 3.16. The van der Waals surface area contributed by atoms with Crippen LogP contribution in [0.1, 0.15) is 17.0 Å². The Hall–Kier alpha value is -3.01.